The average Bonchev–Trinajstić information content (AvgIpc) is 2.52. The molecule has 0 fully saturated rings. The third-order valence-corrected chi connectivity index (χ3v) is 4.80. The molecule has 2 aliphatic rings. The lowest BCUT2D eigenvalue weighted by Gasteiger charge is -2.45. The van der Waals surface area contributed by atoms with E-state index in [0.717, 1.165) is 23.3 Å². The van der Waals surface area contributed by atoms with E-state index in [1.54, 1.807) is 7.11 Å². The number of hydrogen-bond donors (Lipinski definition) is 0. The Bertz CT molecular complexity index is 690. The van der Waals surface area contributed by atoms with Crippen molar-refractivity contribution >= 4 is 5.97 Å². The monoisotopic (exact) mass is 299 g/mol. The lowest BCUT2D eigenvalue weighted by atomic mass is 9.58. The number of ether oxygens (including phenoxy) is 2. The second-order valence-corrected chi connectivity index (χ2v) is 5.99. The van der Waals surface area contributed by atoms with Gasteiger partial charge in [-0.1, -0.05) is 23.8 Å². The minimum absolute atomic E-state index is 0.199. The molecule has 2 bridgehead atoms. The van der Waals surface area contributed by atoms with Crippen molar-refractivity contribution in [2.75, 3.05) is 14.2 Å². The van der Waals surface area contributed by atoms with Crippen LogP contribution in [0, 0.1) is 5.92 Å². The largest absolute Gasteiger partial charge is 0.481 e. The number of hydrogen-bond acceptors (Lipinski definition) is 4. The summed E-state index contributed by atoms with van der Waals surface area (Å²) in [6, 6.07) is 3.79. The molecule has 0 N–H and O–H groups in total. The summed E-state index contributed by atoms with van der Waals surface area (Å²) < 4.78 is 10.4. The minimum atomic E-state index is -0.736. The second-order valence-electron chi connectivity index (χ2n) is 5.99. The van der Waals surface area contributed by atoms with E-state index in [9.17, 15) is 4.79 Å². The Kier molecular flexibility index (Phi) is 3.55. The van der Waals surface area contributed by atoms with Gasteiger partial charge >= 0.3 is 5.97 Å². The molecule has 1 heterocycles. The average molecular weight is 299 g/mol. The number of esters is 1. The van der Waals surface area contributed by atoms with Crippen LogP contribution >= 0.6 is 0 Å². The summed E-state index contributed by atoms with van der Waals surface area (Å²) in [7, 11) is 3.06. The highest BCUT2D eigenvalue weighted by Crippen LogP contribution is 2.52. The van der Waals surface area contributed by atoms with Crippen molar-refractivity contribution in [3.8, 4) is 5.88 Å². The molecule has 0 unspecified atom stereocenters. The first-order chi connectivity index (χ1) is 10.6. The Morgan fingerprint density at radius 3 is 2.82 bits per heavy atom. The van der Waals surface area contributed by atoms with E-state index in [1.165, 1.54) is 12.7 Å². The third-order valence-electron chi connectivity index (χ3n) is 4.80. The highest BCUT2D eigenvalue weighted by molar-refractivity contribution is 5.89. The van der Waals surface area contributed by atoms with Crippen LogP contribution in [0.15, 0.2) is 35.4 Å². The van der Waals surface area contributed by atoms with Gasteiger partial charge in [-0.05, 0) is 31.4 Å². The maximum absolute atomic E-state index is 12.8. The molecule has 1 aromatic rings. The summed E-state index contributed by atoms with van der Waals surface area (Å²) in [6.45, 7) is 4.08. The molecule has 0 aliphatic heterocycles. The highest BCUT2D eigenvalue weighted by atomic mass is 16.5. The number of nitrogens with zero attached hydrogens (tertiary/aromatic N) is 1. The van der Waals surface area contributed by atoms with E-state index in [1.807, 2.05) is 19.1 Å². The van der Waals surface area contributed by atoms with Crippen LogP contribution in [0.3, 0.4) is 0 Å². The molecule has 0 saturated carbocycles. The molecule has 2 atom stereocenters. The lowest BCUT2D eigenvalue weighted by molar-refractivity contribution is -0.146. The Labute approximate surface area is 130 Å². The van der Waals surface area contributed by atoms with Gasteiger partial charge in [0.15, 0.2) is 0 Å². The molecule has 0 radical (unpaired) electrons. The number of carbonyl (C=O) groups is 1. The van der Waals surface area contributed by atoms with Gasteiger partial charge in [-0.15, -0.1) is 0 Å². The molecule has 2 aliphatic carbocycles. The van der Waals surface area contributed by atoms with Gasteiger partial charge in [0.2, 0.25) is 5.88 Å². The van der Waals surface area contributed by atoms with Crippen LogP contribution in [0.2, 0.25) is 0 Å². The molecular weight excluding hydrogens is 278 g/mol. The SMILES string of the molecule is C/C=C1\[C@H]2C=C(C)C[C@]1(C(=O)OC)c1ccc(OC)nc1C2. The maximum Gasteiger partial charge on any atom is 0.320 e. The molecule has 22 heavy (non-hydrogen) atoms. The molecule has 0 amide bonds. The Morgan fingerprint density at radius 2 is 2.18 bits per heavy atom. The molecule has 3 rings (SSSR count). The first-order valence-electron chi connectivity index (χ1n) is 7.53. The number of rotatable bonds is 2. The Hall–Kier alpha value is -2.10. The maximum atomic E-state index is 12.8. The topological polar surface area (TPSA) is 48.4 Å². The lowest BCUT2D eigenvalue weighted by Crippen LogP contribution is -2.47. The summed E-state index contributed by atoms with van der Waals surface area (Å²) >= 11 is 0. The zero-order valence-electron chi connectivity index (χ0n) is 13.5. The number of carbonyl (C=O) groups excluding carboxylic acids is 1. The standard InChI is InChI=1S/C18H21NO3/c1-5-13-12-8-11(2)10-18(13,17(20)22-4)14-6-7-16(21-3)19-15(14)9-12/h5-8,12H,9-10H2,1-4H3/b13-5+/t12-,18+/m0/s1. The van der Waals surface area contributed by atoms with Crippen molar-refractivity contribution in [3.05, 3.63) is 46.7 Å². The van der Waals surface area contributed by atoms with E-state index in [-0.39, 0.29) is 11.9 Å². The summed E-state index contributed by atoms with van der Waals surface area (Å²) in [4.78, 5) is 17.4. The summed E-state index contributed by atoms with van der Waals surface area (Å²) in [5.74, 6) is 0.581. The molecule has 1 aromatic heterocycles. The normalized spacial score (nSPS) is 27.9. The van der Waals surface area contributed by atoms with Crippen molar-refractivity contribution in [3.63, 3.8) is 0 Å². The van der Waals surface area contributed by atoms with Gasteiger partial charge < -0.3 is 9.47 Å². The molecule has 0 aromatic carbocycles. The van der Waals surface area contributed by atoms with Crippen molar-refractivity contribution < 1.29 is 14.3 Å². The summed E-state index contributed by atoms with van der Waals surface area (Å²) in [6.07, 6.45) is 5.76. The fourth-order valence-electron chi connectivity index (χ4n) is 4.03. The van der Waals surface area contributed by atoms with Crippen molar-refractivity contribution in [1.82, 2.24) is 4.98 Å². The predicted molar refractivity (Wildman–Crippen MR) is 83.8 cm³/mol. The van der Waals surface area contributed by atoms with Crippen molar-refractivity contribution in [2.45, 2.75) is 32.1 Å². The van der Waals surface area contributed by atoms with Crippen LogP contribution in [-0.4, -0.2) is 25.2 Å². The van der Waals surface area contributed by atoms with E-state index < -0.39 is 5.41 Å². The smallest absolute Gasteiger partial charge is 0.320 e. The van der Waals surface area contributed by atoms with E-state index in [2.05, 4.69) is 24.1 Å². The highest BCUT2D eigenvalue weighted by Gasteiger charge is 2.53. The number of pyridine rings is 1. The van der Waals surface area contributed by atoms with E-state index in [4.69, 9.17) is 9.47 Å². The predicted octanol–water partition coefficient (Wildman–Crippen LogP) is 2.97. The van der Waals surface area contributed by atoms with Gasteiger partial charge in [-0.2, -0.15) is 0 Å². The quantitative estimate of drug-likeness (QED) is 0.622. The molecular formula is C18H21NO3. The number of methoxy groups -OCH3 is 2. The Balaban J connectivity index is 2.29. The second kappa shape index (κ2) is 5.27. The fourth-order valence-corrected chi connectivity index (χ4v) is 4.03. The number of fused-ring (bicyclic) bond motifs is 4. The van der Waals surface area contributed by atoms with Crippen molar-refractivity contribution in [2.24, 2.45) is 5.92 Å². The molecule has 116 valence electrons. The third kappa shape index (κ3) is 1.90. The summed E-state index contributed by atoms with van der Waals surface area (Å²) in [5.41, 5.74) is 3.51. The van der Waals surface area contributed by atoms with Crippen molar-refractivity contribution in [1.29, 1.82) is 0 Å². The Morgan fingerprint density at radius 1 is 1.41 bits per heavy atom. The molecule has 4 nitrogen and oxygen atoms in total. The number of aromatic nitrogens is 1. The van der Waals surface area contributed by atoms with Gasteiger partial charge in [-0.25, -0.2) is 4.98 Å². The van der Waals surface area contributed by atoms with Gasteiger partial charge in [0.05, 0.1) is 19.9 Å². The van der Waals surface area contributed by atoms with Crippen LogP contribution in [0.1, 0.15) is 31.5 Å². The number of allylic oxidation sites excluding steroid dienone is 3. The zero-order chi connectivity index (χ0) is 15.9. The van der Waals surface area contributed by atoms with Crippen LogP contribution in [-0.2, 0) is 21.4 Å². The fraction of sp³-hybridized carbons (Fsp3) is 0.444. The van der Waals surface area contributed by atoms with Gasteiger partial charge in [0.1, 0.15) is 5.41 Å². The van der Waals surface area contributed by atoms with Gasteiger partial charge in [0, 0.05) is 18.4 Å². The van der Waals surface area contributed by atoms with Gasteiger partial charge in [-0.3, -0.25) is 4.79 Å². The molecule has 0 saturated heterocycles. The van der Waals surface area contributed by atoms with Crippen LogP contribution in [0.25, 0.3) is 0 Å². The van der Waals surface area contributed by atoms with E-state index >= 15 is 0 Å². The zero-order valence-corrected chi connectivity index (χ0v) is 13.5. The first-order valence-corrected chi connectivity index (χ1v) is 7.53. The van der Waals surface area contributed by atoms with Crippen LogP contribution in [0.4, 0.5) is 0 Å². The van der Waals surface area contributed by atoms with Gasteiger partial charge in [0.25, 0.3) is 0 Å². The summed E-state index contributed by atoms with van der Waals surface area (Å²) in [5, 5.41) is 0. The van der Waals surface area contributed by atoms with Crippen LogP contribution < -0.4 is 4.74 Å². The minimum Gasteiger partial charge on any atom is -0.481 e. The molecule has 0 spiro atoms. The van der Waals surface area contributed by atoms with E-state index in [0.29, 0.717) is 12.3 Å². The first kappa shape index (κ1) is 14.8. The molecule has 4 heteroatoms. The van der Waals surface area contributed by atoms with Crippen LogP contribution in [0.5, 0.6) is 5.88 Å².